The molecule has 0 fully saturated rings. The summed E-state index contributed by atoms with van der Waals surface area (Å²) in [5, 5.41) is 5.09. The lowest BCUT2D eigenvalue weighted by Crippen LogP contribution is -2.36. The minimum atomic E-state index is -0.475. The number of aromatic nitrogens is 2. The second kappa shape index (κ2) is 8.32. The Hall–Kier alpha value is -3.12. The Bertz CT molecular complexity index is 1110. The molecule has 0 aliphatic carbocycles. The molecule has 0 saturated heterocycles. The SMILES string of the molecule is CCOC(=O)c1nn(-c2ccc(C)cc2)c2c1CN(C(=O)c1cccc(Cl)c1)CC2. The van der Waals surface area contributed by atoms with Crippen molar-refractivity contribution in [3.63, 3.8) is 0 Å². The Morgan fingerprint density at radius 3 is 2.63 bits per heavy atom. The Kier molecular flexibility index (Phi) is 5.59. The van der Waals surface area contributed by atoms with Gasteiger partial charge in [-0.2, -0.15) is 5.10 Å². The summed E-state index contributed by atoms with van der Waals surface area (Å²) in [6.07, 6.45) is 0.585. The van der Waals surface area contributed by atoms with E-state index in [1.807, 2.05) is 31.2 Å². The summed E-state index contributed by atoms with van der Waals surface area (Å²) >= 11 is 6.05. The van der Waals surface area contributed by atoms with Crippen LogP contribution in [0.15, 0.2) is 48.5 Å². The van der Waals surface area contributed by atoms with E-state index in [1.54, 1.807) is 40.8 Å². The summed E-state index contributed by atoms with van der Waals surface area (Å²) < 4.78 is 7.02. The Labute approximate surface area is 180 Å². The summed E-state index contributed by atoms with van der Waals surface area (Å²) in [6.45, 7) is 4.86. The fourth-order valence-corrected chi connectivity index (χ4v) is 3.85. The van der Waals surface area contributed by atoms with Gasteiger partial charge in [0.15, 0.2) is 5.69 Å². The first-order valence-electron chi connectivity index (χ1n) is 9.87. The number of carbonyl (C=O) groups excluding carboxylic acids is 2. The van der Waals surface area contributed by atoms with E-state index < -0.39 is 5.97 Å². The summed E-state index contributed by atoms with van der Waals surface area (Å²) in [5.41, 5.74) is 4.46. The van der Waals surface area contributed by atoms with Gasteiger partial charge < -0.3 is 9.64 Å². The summed E-state index contributed by atoms with van der Waals surface area (Å²) in [4.78, 5) is 27.3. The molecule has 4 rings (SSSR count). The molecule has 2 aromatic carbocycles. The zero-order chi connectivity index (χ0) is 21.3. The maximum Gasteiger partial charge on any atom is 0.359 e. The van der Waals surface area contributed by atoms with Crippen molar-refractivity contribution in [1.82, 2.24) is 14.7 Å². The molecule has 0 saturated carbocycles. The van der Waals surface area contributed by atoms with Crippen LogP contribution in [0.3, 0.4) is 0 Å². The maximum absolute atomic E-state index is 13.0. The lowest BCUT2D eigenvalue weighted by molar-refractivity contribution is 0.0513. The van der Waals surface area contributed by atoms with E-state index in [-0.39, 0.29) is 18.2 Å². The number of benzene rings is 2. The average molecular weight is 424 g/mol. The van der Waals surface area contributed by atoms with Gasteiger partial charge in [-0.05, 0) is 44.2 Å². The van der Waals surface area contributed by atoms with E-state index in [0.29, 0.717) is 30.1 Å². The van der Waals surface area contributed by atoms with Gasteiger partial charge in [0.25, 0.3) is 5.91 Å². The van der Waals surface area contributed by atoms with E-state index in [1.165, 1.54) is 0 Å². The summed E-state index contributed by atoms with van der Waals surface area (Å²) in [7, 11) is 0. The second-order valence-electron chi connectivity index (χ2n) is 7.23. The van der Waals surface area contributed by atoms with Gasteiger partial charge in [-0.1, -0.05) is 35.4 Å². The van der Waals surface area contributed by atoms with E-state index in [0.717, 1.165) is 22.5 Å². The predicted molar refractivity (Wildman–Crippen MR) is 114 cm³/mol. The standard InChI is InChI=1S/C23H22ClN3O3/c1-3-30-23(29)21-19-14-26(22(28)16-5-4-6-17(24)13-16)12-11-20(19)27(25-21)18-9-7-15(2)8-10-18/h4-10,13H,3,11-12,14H2,1-2H3. The Morgan fingerprint density at radius 1 is 1.17 bits per heavy atom. The zero-order valence-electron chi connectivity index (χ0n) is 16.9. The lowest BCUT2D eigenvalue weighted by Gasteiger charge is -2.28. The van der Waals surface area contributed by atoms with Gasteiger partial charge in [-0.25, -0.2) is 9.48 Å². The van der Waals surface area contributed by atoms with Crippen LogP contribution in [0.5, 0.6) is 0 Å². The third-order valence-corrected chi connectivity index (χ3v) is 5.40. The van der Waals surface area contributed by atoms with Crippen molar-refractivity contribution < 1.29 is 14.3 Å². The highest BCUT2D eigenvalue weighted by molar-refractivity contribution is 6.30. The van der Waals surface area contributed by atoms with Gasteiger partial charge in [0, 0.05) is 29.1 Å². The molecule has 1 aromatic heterocycles. The molecule has 1 aliphatic rings. The van der Waals surface area contributed by atoms with Crippen molar-refractivity contribution in [2.45, 2.75) is 26.8 Å². The van der Waals surface area contributed by atoms with Gasteiger partial charge in [0.05, 0.1) is 24.5 Å². The van der Waals surface area contributed by atoms with Crippen LogP contribution in [-0.4, -0.2) is 39.7 Å². The van der Waals surface area contributed by atoms with Crippen LogP contribution < -0.4 is 0 Å². The largest absolute Gasteiger partial charge is 0.461 e. The number of amides is 1. The van der Waals surface area contributed by atoms with Crippen molar-refractivity contribution in [2.24, 2.45) is 0 Å². The fraction of sp³-hybridized carbons (Fsp3) is 0.261. The van der Waals surface area contributed by atoms with Gasteiger partial charge in [0.1, 0.15) is 0 Å². The van der Waals surface area contributed by atoms with Crippen molar-refractivity contribution in [2.75, 3.05) is 13.2 Å². The van der Waals surface area contributed by atoms with Crippen molar-refractivity contribution in [3.8, 4) is 5.69 Å². The van der Waals surface area contributed by atoms with Crippen LogP contribution >= 0.6 is 11.6 Å². The predicted octanol–water partition coefficient (Wildman–Crippen LogP) is 4.21. The van der Waals surface area contributed by atoms with E-state index in [9.17, 15) is 9.59 Å². The third-order valence-electron chi connectivity index (χ3n) is 5.16. The lowest BCUT2D eigenvalue weighted by atomic mass is 10.0. The van der Waals surface area contributed by atoms with Crippen LogP contribution in [-0.2, 0) is 17.7 Å². The molecule has 3 aromatic rings. The molecular weight excluding hydrogens is 402 g/mol. The molecule has 0 atom stereocenters. The van der Waals surface area contributed by atoms with E-state index in [4.69, 9.17) is 16.3 Å². The normalized spacial score (nSPS) is 13.1. The number of hydrogen-bond donors (Lipinski definition) is 0. The van der Waals surface area contributed by atoms with Gasteiger partial charge in [0.2, 0.25) is 0 Å². The van der Waals surface area contributed by atoms with Crippen LogP contribution in [0.25, 0.3) is 5.69 Å². The molecule has 1 amide bonds. The monoisotopic (exact) mass is 423 g/mol. The van der Waals surface area contributed by atoms with E-state index >= 15 is 0 Å². The molecule has 0 unspecified atom stereocenters. The number of rotatable bonds is 4. The number of aryl methyl sites for hydroxylation is 1. The second-order valence-corrected chi connectivity index (χ2v) is 7.67. The average Bonchev–Trinajstić information content (AvgIpc) is 3.13. The number of nitrogens with zero attached hydrogens (tertiary/aromatic N) is 3. The van der Waals surface area contributed by atoms with Crippen molar-refractivity contribution >= 4 is 23.5 Å². The van der Waals surface area contributed by atoms with Crippen LogP contribution in [0.4, 0.5) is 0 Å². The topological polar surface area (TPSA) is 64.4 Å². The maximum atomic E-state index is 13.0. The number of halogens is 1. The number of ether oxygens (including phenoxy) is 1. The van der Waals surface area contributed by atoms with Crippen molar-refractivity contribution in [3.05, 3.63) is 81.6 Å². The minimum Gasteiger partial charge on any atom is -0.461 e. The Balaban J connectivity index is 1.72. The highest BCUT2D eigenvalue weighted by atomic mass is 35.5. The number of fused-ring (bicyclic) bond motifs is 1. The number of hydrogen-bond acceptors (Lipinski definition) is 4. The molecule has 6 nitrogen and oxygen atoms in total. The first kappa shape index (κ1) is 20.2. The molecule has 0 radical (unpaired) electrons. The highest BCUT2D eigenvalue weighted by Crippen LogP contribution is 2.27. The first-order chi connectivity index (χ1) is 14.5. The number of esters is 1. The summed E-state index contributed by atoms with van der Waals surface area (Å²) in [6, 6.07) is 14.8. The van der Waals surface area contributed by atoms with Gasteiger partial charge in [-0.3, -0.25) is 4.79 Å². The first-order valence-corrected chi connectivity index (χ1v) is 10.3. The molecule has 154 valence electrons. The molecule has 7 heteroatoms. The summed E-state index contributed by atoms with van der Waals surface area (Å²) in [5.74, 6) is -0.599. The molecule has 1 aliphatic heterocycles. The highest BCUT2D eigenvalue weighted by Gasteiger charge is 2.31. The molecule has 0 bridgehead atoms. The molecule has 30 heavy (non-hydrogen) atoms. The van der Waals surface area contributed by atoms with Gasteiger partial charge in [-0.15, -0.1) is 0 Å². The minimum absolute atomic E-state index is 0.124. The quantitative estimate of drug-likeness (QED) is 0.589. The van der Waals surface area contributed by atoms with Gasteiger partial charge >= 0.3 is 5.97 Å². The van der Waals surface area contributed by atoms with Crippen LogP contribution in [0.1, 0.15) is 44.6 Å². The van der Waals surface area contributed by atoms with Crippen molar-refractivity contribution in [1.29, 1.82) is 0 Å². The molecule has 0 N–H and O–H groups in total. The molecular formula is C23H22ClN3O3. The number of carbonyl (C=O) groups is 2. The molecule has 0 spiro atoms. The van der Waals surface area contributed by atoms with E-state index in [2.05, 4.69) is 5.10 Å². The molecule has 2 heterocycles. The zero-order valence-corrected chi connectivity index (χ0v) is 17.6. The van der Waals surface area contributed by atoms with Crippen LogP contribution in [0, 0.1) is 6.92 Å². The van der Waals surface area contributed by atoms with Crippen LogP contribution in [0.2, 0.25) is 5.02 Å². The fourth-order valence-electron chi connectivity index (χ4n) is 3.66. The Morgan fingerprint density at radius 2 is 1.93 bits per heavy atom. The third kappa shape index (κ3) is 3.83. The smallest absolute Gasteiger partial charge is 0.359 e.